The van der Waals surface area contributed by atoms with Crippen LogP contribution in [0.15, 0.2) is 78.9 Å². The van der Waals surface area contributed by atoms with E-state index in [1.807, 2.05) is 0 Å². The van der Waals surface area contributed by atoms with Gasteiger partial charge in [0.15, 0.2) is 0 Å². The average Bonchev–Trinajstić information content (AvgIpc) is 2.64. The smallest absolute Gasteiger partial charge is 0.0102 e. The highest BCUT2D eigenvalue weighted by atomic mass is 14.2. The van der Waals surface area contributed by atoms with Crippen LogP contribution in [0.2, 0.25) is 0 Å². The number of hydrogen-bond donors (Lipinski definition) is 0. The molecule has 0 saturated carbocycles. The van der Waals surface area contributed by atoms with Crippen LogP contribution in [0.5, 0.6) is 0 Å². The van der Waals surface area contributed by atoms with Crippen LogP contribution in [0, 0.1) is 20.8 Å². The van der Waals surface area contributed by atoms with Crippen molar-refractivity contribution in [2.45, 2.75) is 20.8 Å². The Kier molecular flexibility index (Phi) is 3.89. The van der Waals surface area contributed by atoms with Crippen molar-refractivity contribution in [3.05, 3.63) is 95.6 Å². The van der Waals surface area contributed by atoms with E-state index in [4.69, 9.17) is 0 Å². The van der Waals surface area contributed by atoms with Gasteiger partial charge in [-0.3, -0.25) is 0 Å². The number of aryl methyl sites for hydroxylation is 2. The van der Waals surface area contributed by atoms with Gasteiger partial charge < -0.3 is 0 Å². The van der Waals surface area contributed by atoms with E-state index in [0.717, 1.165) is 0 Å². The Morgan fingerprint density at radius 2 is 1.00 bits per heavy atom. The van der Waals surface area contributed by atoms with Gasteiger partial charge in [-0.05, 0) is 70.5 Å². The van der Waals surface area contributed by atoms with Crippen molar-refractivity contribution in [3.8, 4) is 22.3 Å². The Morgan fingerprint density at radius 3 is 1.76 bits per heavy atom. The molecule has 0 unspecified atom stereocenters. The summed E-state index contributed by atoms with van der Waals surface area (Å²) < 4.78 is 0. The standard InChI is InChI=1S/C25H22/c1-17-9-4-5-10-20(17)22-13-8-14-23(19(22)3)25-16-15-18(2)21-11-6-7-12-24(21)25/h4-16H,1-3H3. The lowest BCUT2D eigenvalue weighted by Gasteiger charge is -2.16. The van der Waals surface area contributed by atoms with Crippen molar-refractivity contribution in [1.82, 2.24) is 0 Å². The maximum Gasteiger partial charge on any atom is -0.0102 e. The van der Waals surface area contributed by atoms with Crippen molar-refractivity contribution in [2.24, 2.45) is 0 Å². The Balaban J connectivity index is 1.99. The normalized spacial score (nSPS) is 11.0. The van der Waals surface area contributed by atoms with E-state index < -0.39 is 0 Å². The minimum Gasteiger partial charge on any atom is -0.0620 e. The Labute approximate surface area is 149 Å². The third kappa shape index (κ3) is 2.64. The predicted octanol–water partition coefficient (Wildman–Crippen LogP) is 7.10. The maximum atomic E-state index is 2.27. The zero-order valence-electron chi connectivity index (χ0n) is 15.0. The van der Waals surface area contributed by atoms with E-state index in [-0.39, 0.29) is 0 Å². The fourth-order valence-corrected chi connectivity index (χ4v) is 3.78. The molecular formula is C25H22. The minimum atomic E-state index is 1.31. The van der Waals surface area contributed by atoms with Crippen LogP contribution < -0.4 is 0 Å². The van der Waals surface area contributed by atoms with Crippen LogP contribution in [-0.4, -0.2) is 0 Å². The highest BCUT2D eigenvalue weighted by molar-refractivity contribution is 6.00. The van der Waals surface area contributed by atoms with E-state index in [2.05, 4.69) is 99.6 Å². The molecule has 0 aliphatic carbocycles. The van der Waals surface area contributed by atoms with Gasteiger partial charge in [-0.15, -0.1) is 0 Å². The second-order valence-corrected chi connectivity index (χ2v) is 6.77. The summed E-state index contributed by atoms with van der Waals surface area (Å²) in [7, 11) is 0. The van der Waals surface area contributed by atoms with Crippen molar-refractivity contribution < 1.29 is 0 Å². The first-order chi connectivity index (χ1) is 12.2. The van der Waals surface area contributed by atoms with E-state index >= 15 is 0 Å². The molecule has 0 amide bonds. The summed E-state index contributed by atoms with van der Waals surface area (Å²) in [6.45, 7) is 6.61. The van der Waals surface area contributed by atoms with Crippen LogP contribution in [0.4, 0.5) is 0 Å². The first-order valence-corrected chi connectivity index (χ1v) is 8.81. The van der Waals surface area contributed by atoms with E-state index in [9.17, 15) is 0 Å². The van der Waals surface area contributed by atoms with Crippen molar-refractivity contribution in [1.29, 1.82) is 0 Å². The maximum absolute atomic E-state index is 2.27. The zero-order valence-corrected chi connectivity index (χ0v) is 15.0. The second-order valence-electron chi connectivity index (χ2n) is 6.77. The van der Waals surface area contributed by atoms with Crippen LogP contribution >= 0.6 is 0 Å². The van der Waals surface area contributed by atoms with Crippen molar-refractivity contribution in [2.75, 3.05) is 0 Å². The van der Waals surface area contributed by atoms with Gasteiger partial charge in [0.05, 0.1) is 0 Å². The Bertz CT molecular complexity index is 1070. The molecule has 0 aromatic heterocycles. The molecule has 122 valence electrons. The van der Waals surface area contributed by atoms with Gasteiger partial charge in [-0.2, -0.15) is 0 Å². The fraction of sp³-hybridized carbons (Fsp3) is 0.120. The summed E-state index contributed by atoms with van der Waals surface area (Å²) in [6, 6.07) is 28.5. The summed E-state index contributed by atoms with van der Waals surface area (Å²) in [6.07, 6.45) is 0. The molecule has 0 spiro atoms. The quantitative estimate of drug-likeness (QED) is 0.369. The lowest BCUT2D eigenvalue weighted by atomic mass is 9.88. The molecule has 0 fully saturated rings. The monoisotopic (exact) mass is 322 g/mol. The van der Waals surface area contributed by atoms with E-state index in [1.54, 1.807) is 0 Å². The summed E-state index contributed by atoms with van der Waals surface area (Å²) in [5.74, 6) is 0. The summed E-state index contributed by atoms with van der Waals surface area (Å²) in [5.41, 5.74) is 9.25. The van der Waals surface area contributed by atoms with Gasteiger partial charge in [0.25, 0.3) is 0 Å². The molecule has 0 bridgehead atoms. The van der Waals surface area contributed by atoms with Crippen LogP contribution in [0.3, 0.4) is 0 Å². The molecule has 0 aliphatic rings. The second kappa shape index (κ2) is 6.22. The first-order valence-electron chi connectivity index (χ1n) is 8.81. The molecule has 25 heavy (non-hydrogen) atoms. The molecule has 0 aliphatic heterocycles. The zero-order chi connectivity index (χ0) is 17.4. The molecule has 0 heteroatoms. The fourth-order valence-electron chi connectivity index (χ4n) is 3.78. The van der Waals surface area contributed by atoms with Gasteiger partial charge in [-0.25, -0.2) is 0 Å². The first kappa shape index (κ1) is 15.7. The molecule has 0 nitrogen and oxygen atoms in total. The highest BCUT2D eigenvalue weighted by Crippen LogP contribution is 2.37. The molecule has 4 rings (SSSR count). The molecule has 0 N–H and O–H groups in total. The van der Waals surface area contributed by atoms with Gasteiger partial charge in [-0.1, -0.05) is 78.9 Å². The Hall–Kier alpha value is -2.86. The third-order valence-electron chi connectivity index (χ3n) is 5.20. The Morgan fingerprint density at radius 1 is 0.400 bits per heavy atom. The molecule has 0 atom stereocenters. The number of rotatable bonds is 2. The average molecular weight is 322 g/mol. The van der Waals surface area contributed by atoms with E-state index in [1.165, 1.54) is 49.7 Å². The van der Waals surface area contributed by atoms with Crippen LogP contribution in [0.25, 0.3) is 33.0 Å². The lowest BCUT2D eigenvalue weighted by molar-refractivity contribution is 1.40. The third-order valence-corrected chi connectivity index (χ3v) is 5.20. The van der Waals surface area contributed by atoms with Crippen LogP contribution in [-0.2, 0) is 0 Å². The molecular weight excluding hydrogens is 300 g/mol. The predicted molar refractivity (Wildman–Crippen MR) is 109 cm³/mol. The SMILES string of the molecule is Cc1ccccc1-c1cccc(-c2ccc(C)c3ccccc23)c1C. The number of benzene rings is 4. The molecule has 0 radical (unpaired) electrons. The molecule has 4 aromatic rings. The summed E-state index contributed by atoms with van der Waals surface area (Å²) in [4.78, 5) is 0. The lowest BCUT2D eigenvalue weighted by Crippen LogP contribution is -1.92. The number of fused-ring (bicyclic) bond motifs is 1. The van der Waals surface area contributed by atoms with Gasteiger partial charge >= 0.3 is 0 Å². The largest absolute Gasteiger partial charge is 0.0620 e. The molecule has 4 aromatic carbocycles. The molecule has 0 heterocycles. The van der Waals surface area contributed by atoms with E-state index in [0.29, 0.717) is 0 Å². The van der Waals surface area contributed by atoms with Gasteiger partial charge in [0, 0.05) is 0 Å². The number of hydrogen-bond acceptors (Lipinski definition) is 0. The van der Waals surface area contributed by atoms with Crippen molar-refractivity contribution >= 4 is 10.8 Å². The van der Waals surface area contributed by atoms with Crippen LogP contribution in [0.1, 0.15) is 16.7 Å². The van der Waals surface area contributed by atoms with Crippen molar-refractivity contribution in [3.63, 3.8) is 0 Å². The topological polar surface area (TPSA) is 0 Å². The summed E-state index contributed by atoms with van der Waals surface area (Å²) >= 11 is 0. The van der Waals surface area contributed by atoms with Gasteiger partial charge in [0.2, 0.25) is 0 Å². The highest BCUT2D eigenvalue weighted by Gasteiger charge is 2.12. The molecule has 0 saturated heterocycles. The minimum absolute atomic E-state index is 1.31. The van der Waals surface area contributed by atoms with Gasteiger partial charge in [0.1, 0.15) is 0 Å². The summed E-state index contributed by atoms with van der Waals surface area (Å²) in [5, 5.41) is 2.66.